The Kier molecular flexibility index (Phi) is 2.70. The van der Waals surface area contributed by atoms with E-state index in [0.29, 0.717) is 11.6 Å². The third kappa shape index (κ3) is 2.08. The first-order chi connectivity index (χ1) is 5.24. The van der Waals surface area contributed by atoms with E-state index >= 15 is 0 Å². The number of hydrogen-bond donors (Lipinski definition) is 3. The summed E-state index contributed by atoms with van der Waals surface area (Å²) in [4.78, 5) is 0. The van der Waals surface area contributed by atoms with Crippen LogP contribution < -0.4 is 11.3 Å². The van der Waals surface area contributed by atoms with Crippen LogP contribution in [0.3, 0.4) is 0 Å². The summed E-state index contributed by atoms with van der Waals surface area (Å²) in [5.74, 6) is 5.18. The van der Waals surface area contributed by atoms with E-state index < -0.39 is 0 Å². The summed E-state index contributed by atoms with van der Waals surface area (Å²) in [5, 5.41) is 9.37. The molecule has 0 heterocycles. The zero-order valence-corrected chi connectivity index (χ0v) is 6.60. The number of benzene rings is 1. The fraction of sp³-hybridized carbons (Fsp3) is 0.143. The molecule has 0 fully saturated rings. The van der Waals surface area contributed by atoms with Crippen molar-refractivity contribution in [1.29, 1.82) is 0 Å². The van der Waals surface area contributed by atoms with Crippen LogP contribution in [0.1, 0.15) is 5.56 Å². The topological polar surface area (TPSA) is 58.3 Å². The van der Waals surface area contributed by atoms with Gasteiger partial charge in [0.25, 0.3) is 0 Å². The number of hydrazine groups is 1. The average Bonchev–Trinajstić information content (AvgIpc) is 1.98. The Balaban J connectivity index is 2.86. The van der Waals surface area contributed by atoms with Gasteiger partial charge >= 0.3 is 0 Å². The molecule has 0 radical (unpaired) electrons. The maximum absolute atomic E-state index is 9.03. The minimum absolute atomic E-state index is 0.0902. The van der Waals surface area contributed by atoms with Crippen molar-refractivity contribution in [3.8, 4) is 5.75 Å². The Labute approximate surface area is 69.8 Å². The summed E-state index contributed by atoms with van der Waals surface area (Å²) < 4.78 is 0. The predicted molar refractivity (Wildman–Crippen MR) is 44.1 cm³/mol. The summed E-state index contributed by atoms with van der Waals surface area (Å²) in [7, 11) is 0. The van der Waals surface area contributed by atoms with E-state index in [1.54, 1.807) is 12.1 Å². The van der Waals surface area contributed by atoms with Gasteiger partial charge < -0.3 is 5.11 Å². The smallest absolute Gasteiger partial charge is 0.134 e. The van der Waals surface area contributed by atoms with Crippen LogP contribution in [0.25, 0.3) is 0 Å². The number of phenols is 1. The van der Waals surface area contributed by atoms with Gasteiger partial charge in [-0.1, -0.05) is 17.7 Å². The quantitative estimate of drug-likeness (QED) is 0.461. The summed E-state index contributed by atoms with van der Waals surface area (Å²) in [6, 6.07) is 4.95. The van der Waals surface area contributed by atoms with Crippen LogP contribution in [0.5, 0.6) is 5.75 Å². The highest BCUT2D eigenvalue weighted by atomic mass is 35.5. The minimum atomic E-state index is 0.0902. The first-order valence-corrected chi connectivity index (χ1v) is 3.52. The van der Waals surface area contributed by atoms with Crippen molar-refractivity contribution in [1.82, 2.24) is 5.43 Å². The van der Waals surface area contributed by atoms with Gasteiger partial charge in [-0.2, -0.15) is 0 Å². The Bertz CT molecular complexity index is 252. The number of phenolic OH excluding ortho intramolecular Hbond substituents is 1. The first kappa shape index (κ1) is 8.33. The highest BCUT2D eigenvalue weighted by Gasteiger charge is 1.97. The number of hydrogen-bond acceptors (Lipinski definition) is 3. The maximum Gasteiger partial charge on any atom is 0.134 e. The Morgan fingerprint density at radius 3 is 2.82 bits per heavy atom. The molecular formula is C7H9ClN2O. The van der Waals surface area contributed by atoms with Crippen molar-refractivity contribution in [2.24, 2.45) is 5.84 Å². The molecule has 0 unspecified atom stereocenters. The number of rotatable bonds is 2. The van der Waals surface area contributed by atoms with E-state index in [1.165, 1.54) is 6.07 Å². The molecule has 3 nitrogen and oxygen atoms in total. The molecule has 1 aromatic carbocycles. The molecule has 0 aromatic heterocycles. The Morgan fingerprint density at radius 2 is 2.27 bits per heavy atom. The van der Waals surface area contributed by atoms with Crippen molar-refractivity contribution in [3.05, 3.63) is 28.8 Å². The summed E-state index contributed by atoms with van der Waals surface area (Å²) in [6.07, 6.45) is 0. The third-order valence-electron chi connectivity index (χ3n) is 1.32. The van der Waals surface area contributed by atoms with Crippen LogP contribution in [0, 0.1) is 0 Å². The van der Waals surface area contributed by atoms with Gasteiger partial charge in [-0.3, -0.25) is 11.3 Å². The SMILES string of the molecule is NNCc1ccc(O)c(Cl)c1. The lowest BCUT2D eigenvalue weighted by molar-refractivity contribution is 0.475. The molecule has 0 spiro atoms. The number of nitrogens with one attached hydrogen (secondary N) is 1. The fourth-order valence-electron chi connectivity index (χ4n) is 0.778. The highest BCUT2D eigenvalue weighted by molar-refractivity contribution is 6.32. The van der Waals surface area contributed by atoms with Crippen molar-refractivity contribution in [2.75, 3.05) is 0 Å². The van der Waals surface area contributed by atoms with E-state index in [4.69, 9.17) is 22.6 Å². The first-order valence-electron chi connectivity index (χ1n) is 3.15. The lowest BCUT2D eigenvalue weighted by Gasteiger charge is -2.01. The molecule has 0 saturated carbocycles. The number of halogens is 1. The second kappa shape index (κ2) is 3.57. The standard InChI is InChI=1S/C7H9ClN2O/c8-6-3-5(4-10-9)1-2-7(6)11/h1-3,10-11H,4,9H2. The van der Waals surface area contributed by atoms with Gasteiger partial charge in [0.2, 0.25) is 0 Å². The fourth-order valence-corrected chi connectivity index (χ4v) is 0.981. The zero-order chi connectivity index (χ0) is 8.27. The molecular weight excluding hydrogens is 164 g/mol. The Morgan fingerprint density at radius 1 is 1.55 bits per heavy atom. The van der Waals surface area contributed by atoms with E-state index in [1.807, 2.05) is 0 Å². The van der Waals surface area contributed by atoms with Gasteiger partial charge in [-0.05, 0) is 17.7 Å². The van der Waals surface area contributed by atoms with Gasteiger partial charge in [0.1, 0.15) is 5.75 Å². The molecule has 0 aliphatic carbocycles. The molecule has 0 amide bonds. The molecule has 0 aliphatic rings. The molecule has 1 rings (SSSR count). The van der Waals surface area contributed by atoms with E-state index in [0.717, 1.165) is 5.56 Å². The molecule has 4 heteroatoms. The molecule has 1 aromatic rings. The van der Waals surface area contributed by atoms with Gasteiger partial charge in [0, 0.05) is 6.54 Å². The largest absolute Gasteiger partial charge is 0.506 e. The van der Waals surface area contributed by atoms with Crippen molar-refractivity contribution in [2.45, 2.75) is 6.54 Å². The van der Waals surface area contributed by atoms with Gasteiger partial charge in [-0.25, -0.2) is 0 Å². The van der Waals surface area contributed by atoms with E-state index in [9.17, 15) is 0 Å². The summed E-state index contributed by atoms with van der Waals surface area (Å²) >= 11 is 5.63. The molecule has 0 atom stereocenters. The van der Waals surface area contributed by atoms with Crippen LogP contribution in [-0.4, -0.2) is 5.11 Å². The van der Waals surface area contributed by atoms with Gasteiger partial charge in [-0.15, -0.1) is 0 Å². The zero-order valence-electron chi connectivity index (χ0n) is 5.84. The monoisotopic (exact) mass is 172 g/mol. The van der Waals surface area contributed by atoms with Crippen molar-refractivity contribution >= 4 is 11.6 Å². The van der Waals surface area contributed by atoms with Crippen molar-refractivity contribution < 1.29 is 5.11 Å². The second-order valence-corrected chi connectivity index (χ2v) is 2.57. The minimum Gasteiger partial charge on any atom is -0.506 e. The lowest BCUT2D eigenvalue weighted by Crippen LogP contribution is -2.20. The molecule has 60 valence electrons. The number of aromatic hydroxyl groups is 1. The summed E-state index contributed by atoms with van der Waals surface area (Å²) in [6.45, 7) is 0.542. The van der Waals surface area contributed by atoms with Crippen LogP contribution in [-0.2, 0) is 6.54 Å². The highest BCUT2D eigenvalue weighted by Crippen LogP contribution is 2.23. The van der Waals surface area contributed by atoms with Gasteiger partial charge in [0.05, 0.1) is 5.02 Å². The molecule has 0 saturated heterocycles. The molecule has 4 N–H and O–H groups in total. The van der Waals surface area contributed by atoms with Crippen LogP contribution >= 0.6 is 11.6 Å². The number of nitrogens with two attached hydrogens (primary N) is 1. The molecule has 11 heavy (non-hydrogen) atoms. The predicted octanol–water partition coefficient (Wildman–Crippen LogP) is 1.01. The van der Waals surface area contributed by atoms with Crippen molar-refractivity contribution in [3.63, 3.8) is 0 Å². The molecule has 0 bridgehead atoms. The van der Waals surface area contributed by atoms with E-state index in [2.05, 4.69) is 5.43 Å². The van der Waals surface area contributed by atoms with Crippen LogP contribution in [0.2, 0.25) is 5.02 Å². The average molecular weight is 173 g/mol. The normalized spacial score (nSPS) is 10.0. The molecule has 0 aliphatic heterocycles. The Hall–Kier alpha value is -0.770. The third-order valence-corrected chi connectivity index (χ3v) is 1.62. The lowest BCUT2D eigenvalue weighted by atomic mass is 10.2. The maximum atomic E-state index is 9.03. The van der Waals surface area contributed by atoms with E-state index in [-0.39, 0.29) is 5.75 Å². The van der Waals surface area contributed by atoms with Crippen LogP contribution in [0.15, 0.2) is 18.2 Å². The van der Waals surface area contributed by atoms with Crippen LogP contribution in [0.4, 0.5) is 0 Å². The van der Waals surface area contributed by atoms with Gasteiger partial charge in [0.15, 0.2) is 0 Å². The second-order valence-electron chi connectivity index (χ2n) is 2.17. The summed E-state index contributed by atoms with van der Waals surface area (Å²) in [5.41, 5.74) is 3.43.